The number of rotatable bonds is 3. The van der Waals surface area contributed by atoms with Crippen molar-refractivity contribution < 1.29 is 9.72 Å². The van der Waals surface area contributed by atoms with Gasteiger partial charge in [-0.15, -0.1) is 0 Å². The maximum absolute atomic E-state index is 12.3. The normalized spacial score (nSPS) is 22.2. The summed E-state index contributed by atoms with van der Waals surface area (Å²) in [6, 6.07) is 4.51. The Kier molecular flexibility index (Phi) is 4.22. The standard InChI is InChI=1S/C14H19N3O3/c1-9-5-2-3-8-12(9)16-14(18)10-6-4-7-11(15)13(10)17(19)20/h4,6-7,9,12H,2-3,5,8,15H2,1H3,(H,16,18). The number of nitrogens with two attached hydrogens (primary N) is 1. The summed E-state index contributed by atoms with van der Waals surface area (Å²) in [5.41, 5.74) is 5.34. The van der Waals surface area contributed by atoms with Crippen molar-refractivity contribution in [1.82, 2.24) is 5.32 Å². The summed E-state index contributed by atoms with van der Waals surface area (Å²) >= 11 is 0. The van der Waals surface area contributed by atoms with Crippen molar-refractivity contribution in [2.45, 2.75) is 38.6 Å². The van der Waals surface area contributed by atoms with Crippen LogP contribution in [0.25, 0.3) is 0 Å². The summed E-state index contributed by atoms with van der Waals surface area (Å²) in [6.07, 6.45) is 4.24. The van der Waals surface area contributed by atoms with Crippen LogP contribution in [0.3, 0.4) is 0 Å². The van der Waals surface area contributed by atoms with E-state index in [1.165, 1.54) is 18.6 Å². The molecule has 1 aliphatic carbocycles. The number of nitro groups is 1. The number of nitrogens with zero attached hydrogens (tertiary/aromatic N) is 1. The Balaban J connectivity index is 2.21. The lowest BCUT2D eigenvalue weighted by Crippen LogP contribution is -2.41. The van der Waals surface area contributed by atoms with Crippen molar-refractivity contribution in [1.29, 1.82) is 0 Å². The van der Waals surface area contributed by atoms with Gasteiger partial charge in [0.15, 0.2) is 0 Å². The molecule has 2 unspecified atom stereocenters. The minimum absolute atomic E-state index is 0.0133. The topological polar surface area (TPSA) is 98.3 Å². The van der Waals surface area contributed by atoms with Gasteiger partial charge in [-0.2, -0.15) is 0 Å². The molecule has 108 valence electrons. The second-order valence-corrected chi connectivity index (χ2v) is 5.34. The summed E-state index contributed by atoms with van der Waals surface area (Å²) in [5, 5.41) is 14.0. The number of carbonyl (C=O) groups excluding carboxylic acids is 1. The molecule has 1 amide bonds. The highest BCUT2D eigenvalue weighted by molar-refractivity contribution is 6.00. The highest BCUT2D eigenvalue weighted by atomic mass is 16.6. The van der Waals surface area contributed by atoms with Gasteiger partial charge < -0.3 is 11.1 Å². The summed E-state index contributed by atoms with van der Waals surface area (Å²) in [7, 11) is 0. The first kappa shape index (κ1) is 14.3. The number of para-hydroxylation sites is 1. The third-order valence-corrected chi connectivity index (χ3v) is 3.92. The lowest BCUT2D eigenvalue weighted by atomic mass is 9.86. The molecule has 1 saturated carbocycles. The summed E-state index contributed by atoms with van der Waals surface area (Å²) in [6.45, 7) is 2.10. The van der Waals surface area contributed by atoms with E-state index in [9.17, 15) is 14.9 Å². The second kappa shape index (κ2) is 5.90. The van der Waals surface area contributed by atoms with Crippen molar-refractivity contribution in [3.05, 3.63) is 33.9 Å². The third kappa shape index (κ3) is 2.89. The highest BCUT2D eigenvalue weighted by Crippen LogP contribution is 2.28. The van der Waals surface area contributed by atoms with Gasteiger partial charge in [0.1, 0.15) is 11.3 Å². The summed E-state index contributed by atoms with van der Waals surface area (Å²) < 4.78 is 0. The van der Waals surface area contributed by atoms with Gasteiger partial charge in [-0.25, -0.2) is 0 Å². The van der Waals surface area contributed by atoms with E-state index in [1.807, 2.05) is 0 Å². The van der Waals surface area contributed by atoms with E-state index in [-0.39, 0.29) is 23.0 Å². The first-order valence-electron chi connectivity index (χ1n) is 6.84. The fourth-order valence-electron chi connectivity index (χ4n) is 2.73. The van der Waals surface area contributed by atoms with Crippen LogP contribution in [0.4, 0.5) is 11.4 Å². The predicted molar refractivity (Wildman–Crippen MR) is 76.4 cm³/mol. The molecule has 1 fully saturated rings. The Morgan fingerprint density at radius 1 is 1.40 bits per heavy atom. The number of carbonyl (C=O) groups is 1. The van der Waals surface area contributed by atoms with Crippen LogP contribution < -0.4 is 11.1 Å². The van der Waals surface area contributed by atoms with Crippen LogP contribution >= 0.6 is 0 Å². The van der Waals surface area contributed by atoms with Crippen LogP contribution in [0.15, 0.2) is 18.2 Å². The van der Waals surface area contributed by atoms with Gasteiger partial charge >= 0.3 is 5.69 Å². The van der Waals surface area contributed by atoms with Crippen LogP contribution in [0.5, 0.6) is 0 Å². The van der Waals surface area contributed by atoms with Gasteiger partial charge in [-0.1, -0.05) is 25.8 Å². The molecule has 2 rings (SSSR count). The zero-order valence-electron chi connectivity index (χ0n) is 11.5. The molecule has 1 aliphatic rings. The van der Waals surface area contributed by atoms with Gasteiger partial charge in [0.05, 0.1) is 4.92 Å². The van der Waals surface area contributed by atoms with Crippen molar-refractivity contribution >= 4 is 17.3 Å². The minimum atomic E-state index is -0.603. The van der Waals surface area contributed by atoms with E-state index in [4.69, 9.17) is 5.73 Å². The van der Waals surface area contributed by atoms with Crippen LogP contribution in [-0.2, 0) is 0 Å². The molecule has 2 atom stereocenters. The van der Waals surface area contributed by atoms with Gasteiger partial charge in [-0.3, -0.25) is 14.9 Å². The Labute approximate surface area is 117 Å². The SMILES string of the molecule is CC1CCCCC1NC(=O)c1cccc(N)c1[N+](=O)[O-]. The Morgan fingerprint density at radius 2 is 2.10 bits per heavy atom. The number of nitro benzene ring substituents is 1. The van der Waals surface area contributed by atoms with Crippen molar-refractivity contribution in [3.63, 3.8) is 0 Å². The zero-order chi connectivity index (χ0) is 14.7. The van der Waals surface area contributed by atoms with Gasteiger partial charge in [-0.05, 0) is 30.9 Å². The van der Waals surface area contributed by atoms with Crippen LogP contribution in [-0.4, -0.2) is 16.9 Å². The Hall–Kier alpha value is -2.11. The number of hydrogen-bond acceptors (Lipinski definition) is 4. The molecule has 6 nitrogen and oxygen atoms in total. The summed E-state index contributed by atoms with van der Waals surface area (Å²) in [5.74, 6) is -0.0180. The van der Waals surface area contributed by atoms with Crippen molar-refractivity contribution in [2.75, 3.05) is 5.73 Å². The second-order valence-electron chi connectivity index (χ2n) is 5.34. The average molecular weight is 277 g/mol. The fraction of sp³-hybridized carbons (Fsp3) is 0.500. The molecule has 1 aromatic carbocycles. The smallest absolute Gasteiger partial charge is 0.304 e. The van der Waals surface area contributed by atoms with E-state index in [0.29, 0.717) is 5.92 Å². The van der Waals surface area contributed by atoms with Crippen LogP contribution in [0.2, 0.25) is 0 Å². The van der Waals surface area contributed by atoms with Gasteiger partial charge in [0, 0.05) is 6.04 Å². The molecule has 0 heterocycles. The molecular weight excluding hydrogens is 258 g/mol. The maximum Gasteiger partial charge on any atom is 0.304 e. The predicted octanol–water partition coefficient (Wildman–Crippen LogP) is 2.49. The van der Waals surface area contributed by atoms with E-state index in [2.05, 4.69) is 12.2 Å². The fourth-order valence-corrected chi connectivity index (χ4v) is 2.73. The lowest BCUT2D eigenvalue weighted by Gasteiger charge is -2.29. The molecule has 20 heavy (non-hydrogen) atoms. The average Bonchev–Trinajstić information content (AvgIpc) is 2.40. The van der Waals surface area contributed by atoms with Crippen LogP contribution in [0, 0.1) is 16.0 Å². The molecule has 0 spiro atoms. The third-order valence-electron chi connectivity index (χ3n) is 3.92. The molecule has 0 bridgehead atoms. The zero-order valence-corrected chi connectivity index (χ0v) is 11.5. The van der Waals surface area contributed by atoms with Crippen LogP contribution in [0.1, 0.15) is 43.0 Å². The van der Waals surface area contributed by atoms with Gasteiger partial charge in [0.2, 0.25) is 0 Å². The maximum atomic E-state index is 12.3. The highest BCUT2D eigenvalue weighted by Gasteiger charge is 2.27. The van der Waals surface area contributed by atoms with Crippen molar-refractivity contribution in [2.24, 2.45) is 5.92 Å². The monoisotopic (exact) mass is 277 g/mol. The number of hydrogen-bond donors (Lipinski definition) is 2. The van der Waals surface area contributed by atoms with E-state index in [0.717, 1.165) is 19.3 Å². The largest absolute Gasteiger partial charge is 0.393 e. The molecule has 0 aliphatic heterocycles. The number of amides is 1. The van der Waals surface area contributed by atoms with Gasteiger partial charge in [0.25, 0.3) is 5.91 Å². The van der Waals surface area contributed by atoms with E-state index in [1.54, 1.807) is 6.07 Å². The first-order chi connectivity index (χ1) is 9.50. The summed E-state index contributed by atoms with van der Waals surface area (Å²) in [4.78, 5) is 22.7. The Bertz CT molecular complexity index is 530. The number of anilines is 1. The molecule has 6 heteroatoms. The molecule has 1 aromatic rings. The Morgan fingerprint density at radius 3 is 2.75 bits per heavy atom. The number of nitrogens with one attached hydrogen (secondary N) is 1. The lowest BCUT2D eigenvalue weighted by molar-refractivity contribution is -0.384. The molecule has 0 aromatic heterocycles. The molecule has 0 saturated heterocycles. The number of benzene rings is 1. The first-order valence-corrected chi connectivity index (χ1v) is 6.84. The quantitative estimate of drug-likeness (QED) is 0.503. The molecule has 0 radical (unpaired) electrons. The minimum Gasteiger partial charge on any atom is -0.393 e. The molecular formula is C14H19N3O3. The van der Waals surface area contributed by atoms with E-state index >= 15 is 0 Å². The number of nitrogen functional groups attached to an aromatic ring is 1. The van der Waals surface area contributed by atoms with Crippen molar-refractivity contribution in [3.8, 4) is 0 Å². The molecule has 3 N–H and O–H groups in total. The van der Waals surface area contributed by atoms with E-state index < -0.39 is 10.8 Å².